The van der Waals surface area contributed by atoms with Gasteiger partial charge in [0.05, 0.1) is 22.3 Å². The number of halogens is 1. The highest BCUT2D eigenvalue weighted by molar-refractivity contribution is 6.33. The molecular weight excluding hydrogens is 232 g/mol. The topological polar surface area (TPSA) is 27.0 Å². The van der Waals surface area contributed by atoms with Gasteiger partial charge in [-0.1, -0.05) is 25.4 Å². The fourth-order valence-electron chi connectivity index (χ4n) is 1.79. The molecule has 3 heteroatoms. The van der Waals surface area contributed by atoms with Crippen LogP contribution in [0.1, 0.15) is 33.3 Å². The minimum absolute atomic E-state index is 0.392. The van der Waals surface area contributed by atoms with Crippen molar-refractivity contribution in [3.63, 3.8) is 0 Å². The lowest BCUT2D eigenvalue weighted by atomic mass is 10.1. The summed E-state index contributed by atoms with van der Waals surface area (Å²) in [4.78, 5) is 2.27. The van der Waals surface area contributed by atoms with Crippen molar-refractivity contribution >= 4 is 17.3 Å². The molecule has 0 saturated carbocycles. The van der Waals surface area contributed by atoms with Crippen LogP contribution >= 0.6 is 11.6 Å². The van der Waals surface area contributed by atoms with Crippen LogP contribution in [0.2, 0.25) is 5.02 Å². The lowest BCUT2D eigenvalue weighted by Crippen LogP contribution is -2.34. The van der Waals surface area contributed by atoms with Crippen molar-refractivity contribution < 1.29 is 0 Å². The monoisotopic (exact) mass is 250 g/mol. The normalized spacial score (nSPS) is 10.7. The van der Waals surface area contributed by atoms with E-state index in [-0.39, 0.29) is 0 Å². The largest absolute Gasteiger partial charge is 0.368 e. The van der Waals surface area contributed by atoms with E-state index in [0.717, 1.165) is 12.2 Å². The first-order chi connectivity index (χ1) is 7.95. The molecule has 0 spiro atoms. The standard InChI is InChI=1S/C14H19ClN2/c1-10(2)9-17(11(3)4)14-6-5-12(8-16)7-13(14)15/h5-7,10-11H,9H2,1-4H3. The summed E-state index contributed by atoms with van der Waals surface area (Å²) in [5, 5.41) is 9.48. The average Bonchev–Trinajstić information content (AvgIpc) is 2.25. The van der Waals surface area contributed by atoms with Crippen LogP contribution in [0, 0.1) is 17.2 Å². The smallest absolute Gasteiger partial charge is 0.0992 e. The lowest BCUT2D eigenvalue weighted by Gasteiger charge is -2.31. The number of nitriles is 1. The molecule has 0 aliphatic heterocycles. The van der Waals surface area contributed by atoms with Crippen LogP contribution in [-0.4, -0.2) is 12.6 Å². The van der Waals surface area contributed by atoms with Gasteiger partial charge in [-0.2, -0.15) is 5.26 Å². The second kappa shape index (κ2) is 5.93. The molecule has 0 bridgehead atoms. The average molecular weight is 251 g/mol. The van der Waals surface area contributed by atoms with Gasteiger partial charge >= 0.3 is 0 Å². The third-order valence-corrected chi connectivity index (χ3v) is 2.87. The van der Waals surface area contributed by atoms with Gasteiger partial charge in [0.25, 0.3) is 0 Å². The van der Waals surface area contributed by atoms with Crippen LogP contribution in [0.5, 0.6) is 0 Å². The molecule has 0 fully saturated rings. The summed E-state index contributed by atoms with van der Waals surface area (Å²) in [5.74, 6) is 0.573. The molecule has 0 saturated heterocycles. The molecule has 1 aromatic rings. The SMILES string of the molecule is CC(C)CN(c1ccc(C#N)cc1Cl)C(C)C. The third kappa shape index (κ3) is 3.64. The van der Waals surface area contributed by atoms with Crippen molar-refractivity contribution in [2.45, 2.75) is 33.7 Å². The van der Waals surface area contributed by atoms with E-state index in [0.29, 0.717) is 22.5 Å². The Balaban J connectivity index is 3.07. The van der Waals surface area contributed by atoms with E-state index in [1.54, 1.807) is 6.07 Å². The van der Waals surface area contributed by atoms with E-state index >= 15 is 0 Å². The molecule has 0 radical (unpaired) electrons. The molecular formula is C14H19ClN2. The summed E-state index contributed by atoms with van der Waals surface area (Å²) in [6, 6.07) is 7.97. The maximum absolute atomic E-state index is 8.82. The maximum atomic E-state index is 8.82. The Hall–Kier alpha value is -1.20. The highest BCUT2D eigenvalue weighted by Crippen LogP contribution is 2.28. The Morgan fingerprint density at radius 3 is 2.35 bits per heavy atom. The number of benzene rings is 1. The van der Waals surface area contributed by atoms with E-state index in [4.69, 9.17) is 16.9 Å². The molecule has 0 heterocycles. The van der Waals surface area contributed by atoms with Gasteiger partial charge in [-0.3, -0.25) is 0 Å². The second-order valence-electron chi connectivity index (χ2n) is 4.92. The highest BCUT2D eigenvalue weighted by atomic mass is 35.5. The summed E-state index contributed by atoms with van der Waals surface area (Å²) >= 11 is 6.24. The fourth-order valence-corrected chi connectivity index (χ4v) is 2.08. The molecule has 0 amide bonds. The van der Waals surface area contributed by atoms with Gasteiger partial charge in [0.1, 0.15) is 0 Å². The summed E-state index contributed by atoms with van der Waals surface area (Å²) in [7, 11) is 0. The van der Waals surface area contributed by atoms with Crippen molar-refractivity contribution in [2.24, 2.45) is 5.92 Å². The van der Waals surface area contributed by atoms with Gasteiger partial charge in [0, 0.05) is 12.6 Å². The van der Waals surface area contributed by atoms with Crippen LogP contribution in [0.4, 0.5) is 5.69 Å². The maximum Gasteiger partial charge on any atom is 0.0992 e. The van der Waals surface area contributed by atoms with Gasteiger partial charge in [-0.15, -0.1) is 0 Å². The van der Waals surface area contributed by atoms with E-state index in [1.807, 2.05) is 12.1 Å². The van der Waals surface area contributed by atoms with Crippen molar-refractivity contribution in [1.29, 1.82) is 5.26 Å². The van der Waals surface area contributed by atoms with Gasteiger partial charge in [-0.25, -0.2) is 0 Å². The highest BCUT2D eigenvalue weighted by Gasteiger charge is 2.15. The zero-order valence-corrected chi connectivity index (χ0v) is 11.6. The van der Waals surface area contributed by atoms with E-state index in [9.17, 15) is 0 Å². The minimum Gasteiger partial charge on any atom is -0.368 e. The van der Waals surface area contributed by atoms with Crippen molar-refractivity contribution in [2.75, 3.05) is 11.4 Å². The Bertz CT molecular complexity index is 419. The van der Waals surface area contributed by atoms with E-state index < -0.39 is 0 Å². The predicted octanol–water partition coefficient (Wildman–Crippen LogP) is 4.08. The van der Waals surface area contributed by atoms with Gasteiger partial charge < -0.3 is 4.90 Å². The summed E-state index contributed by atoms with van der Waals surface area (Å²) in [6.45, 7) is 9.64. The first kappa shape index (κ1) is 13.9. The number of hydrogen-bond acceptors (Lipinski definition) is 2. The first-order valence-electron chi connectivity index (χ1n) is 5.92. The van der Waals surface area contributed by atoms with Gasteiger partial charge in [-0.05, 0) is 38.0 Å². The number of rotatable bonds is 4. The van der Waals surface area contributed by atoms with Crippen LogP contribution in [0.15, 0.2) is 18.2 Å². The van der Waals surface area contributed by atoms with Crippen LogP contribution in [0.25, 0.3) is 0 Å². The second-order valence-corrected chi connectivity index (χ2v) is 5.33. The Labute approximate surface area is 109 Å². The van der Waals surface area contributed by atoms with Crippen LogP contribution in [-0.2, 0) is 0 Å². The zero-order chi connectivity index (χ0) is 13.0. The molecule has 0 atom stereocenters. The molecule has 0 aromatic heterocycles. The molecule has 1 aromatic carbocycles. The molecule has 0 unspecified atom stereocenters. The molecule has 92 valence electrons. The predicted molar refractivity (Wildman–Crippen MR) is 73.5 cm³/mol. The molecule has 1 rings (SSSR count). The fraction of sp³-hybridized carbons (Fsp3) is 0.500. The van der Waals surface area contributed by atoms with Crippen molar-refractivity contribution in [3.8, 4) is 6.07 Å². The number of hydrogen-bond donors (Lipinski definition) is 0. The van der Waals surface area contributed by atoms with Crippen LogP contribution in [0.3, 0.4) is 0 Å². The summed E-state index contributed by atoms with van der Waals surface area (Å²) < 4.78 is 0. The number of nitrogens with zero attached hydrogens (tertiary/aromatic N) is 2. The summed E-state index contributed by atoms with van der Waals surface area (Å²) in [5.41, 5.74) is 1.61. The van der Waals surface area contributed by atoms with Crippen molar-refractivity contribution in [3.05, 3.63) is 28.8 Å². The van der Waals surface area contributed by atoms with Crippen LogP contribution < -0.4 is 4.90 Å². The Morgan fingerprint density at radius 2 is 1.94 bits per heavy atom. The molecule has 0 aliphatic rings. The number of anilines is 1. The Morgan fingerprint density at radius 1 is 1.29 bits per heavy atom. The van der Waals surface area contributed by atoms with Gasteiger partial charge in [0.2, 0.25) is 0 Å². The molecule has 2 nitrogen and oxygen atoms in total. The zero-order valence-electron chi connectivity index (χ0n) is 10.9. The minimum atomic E-state index is 0.392. The lowest BCUT2D eigenvalue weighted by molar-refractivity contribution is 0.571. The van der Waals surface area contributed by atoms with Crippen molar-refractivity contribution in [1.82, 2.24) is 0 Å². The quantitative estimate of drug-likeness (QED) is 0.805. The first-order valence-corrected chi connectivity index (χ1v) is 6.29. The Kier molecular flexibility index (Phi) is 4.84. The third-order valence-electron chi connectivity index (χ3n) is 2.57. The molecule has 17 heavy (non-hydrogen) atoms. The van der Waals surface area contributed by atoms with Gasteiger partial charge in [0.15, 0.2) is 0 Å². The molecule has 0 N–H and O–H groups in total. The summed E-state index contributed by atoms with van der Waals surface area (Å²) in [6.07, 6.45) is 0. The van der Waals surface area contributed by atoms with E-state index in [1.165, 1.54) is 0 Å². The van der Waals surface area contributed by atoms with E-state index in [2.05, 4.69) is 38.7 Å². The molecule has 0 aliphatic carbocycles.